The van der Waals surface area contributed by atoms with E-state index in [2.05, 4.69) is 15.4 Å². The smallest absolute Gasteiger partial charge is 0.214 e. The van der Waals surface area contributed by atoms with Crippen molar-refractivity contribution < 1.29 is 4.74 Å². The number of methoxy groups -OCH3 is 1. The predicted octanol–water partition coefficient (Wildman–Crippen LogP) is 3.17. The summed E-state index contributed by atoms with van der Waals surface area (Å²) in [6.45, 7) is 1.37. The summed E-state index contributed by atoms with van der Waals surface area (Å²) in [5, 5.41) is 9.28. The number of hydrogen-bond donors (Lipinski definition) is 1. The van der Waals surface area contributed by atoms with Gasteiger partial charge in [0.15, 0.2) is 0 Å². The largest absolute Gasteiger partial charge is 0.383 e. The first-order valence-corrected chi connectivity index (χ1v) is 7.30. The van der Waals surface area contributed by atoms with Crippen LogP contribution in [0.1, 0.15) is 0 Å². The topological polar surface area (TPSA) is 51.5 Å². The van der Waals surface area contributed by atoms with Crippen LogP contribution in [0.15, 0.2) is 30.5 Å². The quantitative estimate of drug-likeness (QED) is 0.736. The third-order valence-electron chi connectivity index (χ3n) is 2.81. The SMILES string of the molecule is COCCNc1nn2c(-c3ccc(Cl)cc3)cnc2s1. The Hall–Kier alpha value is -1.63. The van der Waals surface area contributed by atoms with Crippen molar-refractivity contribution in [3.63, 3.8) is 0 Å². The van der Waals surface area contributed by atoms with E-state index in [1.165, 1.54) is 11.3 Å². The van der Waals surface area contributed by atoms with Gasteiger partial charge in [-0.25, -0.2) is 9.50 Å². The van der Waals surface area contributed by atoms with E-state index >= 15 is 0 Å². The number of hydrogen-bond acceptors (Lipinski definition) is 5. The molecule has 7 heteroatoms. The summed E-state index contributed by atoms with van der Waals surface area (Å²) in [6, 6.07) is 7.65. The fourth-order valence-electron chi connectivity index (χ4n) is 1.84. The molecule has 0 atom stereocenters. The van der Waals surface area contributed by atoms with Gasteiger partial charge in [0.05, 0.1) is 18.5 Å². The van der Waals surface area contributed by atoms with Crippen molar-refractivity contribution in [3.05, 3.63) is 35.5 Å². The Balaban J connectivity index is 1.90. The van der Waals surface area contributed by atoms with Crippen molar-refractivity contribution in [1.82, 2.24) is 14.6 Å². The highest BCUT2D eigenvalue weighted by atomic mass is 35.5. The minimum atomic E-state index is 0.645. The van der Waals surface area contributed by atoms with Crippen molar-refractivity contribution in [2.24, 2.45) is 0 Å². The number of nitrogens with one attached hydrogen (secondary N) is 1. The molecule has 0 saturated carbocycles. The zero-order valence-electron chi connectivity index (χ0n) is 10.8. The van der Waals surface area contributed by atoms with Crippen molar-refractivity contribution in [3.8, 4) is 11.3 Å². The highest BCUT2D eigenvalue weighted by Crippen LogP contribution is 2.26. The van der Waals surface area contributed by atoms with E-state index in [0.29, 0.717) is 6.61 Å². The summed E-state index contributed by atoms with van der Waals surface area (Å²) in [5.41, 5.74) is 1.99. The van der Waals surface area contributed by atoms with E-state index in [4.69, 9.17) is 16.3 Å². The first kappa shape index (κ1) is 13.4. The number of halogens is 1. The highest BCUT2D eigenvalue weighted by Gasteiger charge is 2.11. The van der Waals surface area contributed by atoms with Crippen molar-refractivity contribution in [1.29, 1.82) is 0 Å². The second-order valence-electron chi connectivity index (χ2n) is 4.17. The summed E-state index contributed by atoms with van der Waals surface area (Å²) in [4.78, 5) is 5.24. The molecule has 0 spiro atoms. The lowest BCUT2D eigenvalue weighted by Gasteiger charge is -2.00. The zero-order valence-corrected chi connectivity index (χ0v) is 12.4. The van der Waals surface area contributed by atoms with Gasteiger partial charge in [-0.1, -0.05) is 35.1 Å². The minimum Gasteiger partial charge on any atom is -0.383 e. The summed E-state index contributed by atoms with van der Waals surface area (Å²) in [6.07, 6.45) is 1.82. The van der Waals surface area contributed by atoms with E-state index in [1.807, 2.05) is 35.0 Å². The van der Waals surface area contributed by atoms with Crippen LogP contribution in [0.5, 0.6) is 0 Å². The summed E-state index contributed by atoms with van der Waals surface area (Å²) < 4.78 is 6.84. The Kier molecular flexibility index (Phi) is 3.86. The fourth-order valence-corrected chi connectivity index (χ4v) is 2.77. The van der Waals surface area contributed by atoms with E-state index in [0.717, 1.165) is 32.9 Å². The lowest BCUT2D eigenvalue weighted by atomic mass is 10.2. The molecule has 0 radical (unpaired) electrons. The Morgan fingerprint density at radius 2 is 2.15 bits per heavy atom. The number of benzene rings is 1. The second kappa shape index (κ2) is 5.78. The van der Waals surface area contributed by atoms with Crippen molar-refractivity contribution >= 4 is 33.0 Å². The van der Waals surface area contributed by atoms with Crippen LogP contribution in [0.25, 0.3) is 16.2 Å². The molecule has 2 aromatic heterocycles. The lowest BCUT2D eigenvalue weighted by Crippen LogP contribution is -2.07. The number of anilines is 1. The zero-order chi connectivity index (χ0) is 13.9. The molecular weight excluding hydrogens is 296 g/mol. The molecule has 20 heavy (non-hydrogen) atoms. The van der Waals surface area contributed by atoms with Gasteiger partial charge >= 0.3 is 0 Å². The molecular formula is C13H13ClN4OS. The normalized spacial score (nSPS) is 11.1. The van der Waals surface area contributed by atoms with Gasteiger partial charge in [-0.3, -0.25) is 0 Å². The highest BCUT2D eigenvalue weighted by molar-refractivity contribution is 7.20. The first-order chi connectivity index (χ1) is 9.78. The maximum absolute atomic E-state index is 5.91. The third kappa shape index (κ3) is 2.63. The number of fused-ring (bicyclic) bond motifs is 1. The molecule has 3 rings (SSSR count). The maximum Gasteiger partial charge on any atom is 0.214 e. The first-order valence-electron chi connectivity index (χ1n) is 6.11. The number of nitrogens with zero attached hydrogens (tertiary/aromatic N) is 3. The Morgan fingerprint density at radius 3 is 2.90 bits per heavy atom. The molecule has 1 aromatic carbocycles. The van der Waals surface area contributed by atoms with Crippen molar-refractivity contribution in [2.45, 2.75) is 0 Å². The molecule has 0 aliphatic heterocycles. The predicted molar refractivity (Wildman–Crippen MR) is 81.7 cm³/mol. The molecule has 0 saturated heterocycles. The average molecular weight is 309 g/mol. The van der Waals surface area contributed by atoms with E-state index < -0.39 is 0 Å². The van der Waals surface area contributed by atoms with E-state index in [-0.39, 0.29) is 0 Å². The van der Waals surface area contributed by atoms with E-state index in [1.54, 1.807) is 7.11 Å². The number of imidazole rings is 1. The molecule has 0 unspecified atom stereocenters. The minimum absolute atomic E-state index is 0.645. The molecule has 0 aliphatic carbocycles. The average Bonchev–Trinajstić information content (AvgIpc) is 3.00. The molecule has 0 aliphatic rings. The molecule has 1 N–H and O–H groups in total. The van der Waals surface area contributed by atoms with Crippen LogP contribution >= 0.6 is 22.9 Å². The third-order valence-corrected chi connectivity index (χ3v) is 3.94. The lowest BCUT2D eigenvalue weighted by molar-refractivity contribution is 0.210. The van der Waals surface area contributed by atoms with Gasteiger partial charge in [0, 0.05) is 24.2 Å². The second-order valence-corrected chi connectivity index (χ2v) is 5.56. The monoisotopic (exact) mass is 308 g/mol. The van der Waals surface area contributed by atoms with Gasteiger partial charge in [0.1, 0.15) is 0 Å². The van der Waals surface area contributed by atoms with Gasteiger partial charge in [-0.15, -0.1) is 5.10 Å². The van der Waals surface area contributed by atoms with Crippen LogP contribution in [-0.4, -0.2) is 34.9 Å². The Labute approximate surface area is 125 Å². The molecule has 0 bridgehead atoms. The molecule has 104 valence electrons. The molecule has 2 heterocycles. The Bertz CT molecular complexity index is 707. The fraction of sp³-hybridized carbons (Fsp3) is 0.231. The van der Waals surface area contributed by atoms with Crippen molar-refractivity contribution in [2.75, 3.05) is 25.6 Å². The van der Waals surface area contributed by atoms with Gasteiger partial charge in [-0.05, 0) is 12.1 Å². The summed E-state index contributed by atoms with van der Waals surface area (Å²) in [5.74, 6) is 0. The van der Waals surface area contributed by atoms with Crippen LogP contribution in [0.4, 0.5) is 5.13 Å². The van der Waals surface area contributed by atoms with Crippen LogP contribution in [0.2, 0.25) is 5.02 Å². The summed E-state index contributed by atoms with van der Waals surface area (Å²) >= 11 is 7.42. The maximum atomic E-state index is 5.91. The Morgan fingerprint density at radius 1 is 1.35 bits per heavy atom. The molecule has 3 aromatic rings. The number of ether oxygens (including phenoxy) is 1. The van der Waals surface area contributed by atoms with Crippen LogP contribution in [0.3, 0.4) is 0 Å². The standard InChI is InChI=1S/C13H13ClN4OS/c1-19-7-6-15-12-17-18-11(8-16-13(18)20-12)9-2-4-10(14)5-3-9/h2-5,8H,6-7H2,1H3,(H,15,17). The number of aromatic nitrogens is 3. The molecule has 5 nitrogen and oxygen atoms in total. The van der Waals surface area contributed by atoms with E-state index in [9.17, 15) is 0 Å². The van der Waals surface area contributed by atoms with Gasteiger partial charge in [0.25, 0.3) is 0 Å². The molecule has 0 fully saturated rings. The van der Waals surface area contributed by atoms with Gasteiger partial charge in [-0.2, -0.15) is 0 Å². The van der Waals surface area contributed by atoms with Crippen LogP contribution in [0, 0.1) is 0 Å². The van der Waals surface area contributed by atoms with Gasteiger partial charge in [0.2, 0.25) is 10.1 Å². The number of rotatable bonds is 5. The molecule has 0 amide bonds. The van der Waals surface area contributed by atoms with Crippen LogP contribution in [-0.2, 0) is 4.74 Å². The van der Waals surface area contributed by atoms with Crippen LogP contribution < -0.4 is 5.32 Å². The van der Waals surface area contributed by atoms with Gasteiger partial charge < -0.3 is 10.1 Å². The summed E-state index contributed by atoms with van der Waals surface area (Å²) in [7, 11) is 1.68.